The maximum Gasteiger partial charge on any atom is 0.255 e. The van der Waals surface area contributed by atoms with Crippen LogP contribution in [0.1, 0.15) is 22.9 Å². The van der Waals surface area contributed by atoms with E-state index in [4.69, 9.17) is 15.1 Å². The highest BCUT2D eigenvalue weighted by Gasteiger charge is 2.47. The summed E-state index contributed by atoms with van der Waals surface area (Å²) in [6.45, 7) is 3.88. The van der Waals surface area contributed by atoms with Crippen molar-refractivity contribution in [3.05, 3.63) is 80.6 Å². The Hall–Kier alpha value is -3.65. The number of benzene rings is 1. The van der Waals surface area contributed by atoms with Crippen LogP contribution in [0.4, 0.5) is 0 Å². The minimum absolute atomic E-state index is 0.0827. The van der Waals surface area contributed by atoms with E-state index in [1.165, 1.54) is 16.2 Å². The predicted octanol–water partition coefficient (Wildman–Crippen LogP) is 4.02. The first-order valence-electron chi connectivity index (χ1n) is 10.6. The van der Waals surface area contributed by atoms with Crippen LogP contribution in [0.15, 0.2) is 68.4 Å². The number of aromatic nitrogens is 1. The Morgan fingerprint density at radius 2 is 2.06 bits per heavy atom. The Bertz CT molecular complexity index is 1460. The minimum Gasteiger partial charge on any atom is -0.464 e. The lowest BCUT2D eigenvalue weighted by atomic mass is 9.78. The van der Waals surface area contributed by atoms with Gasteiger partial charge < -0.3 is 15.1 Å². The first kappa shape index (κ1) is 21.2. The number of hydrogen-bond donors (Lipinski definition) is 2. The van der Waals surface area contributed by atoms with Gasteiger partial charge in [0.15, 0.2) is 5.96 Å². The fourth-order valence-electron chi connectivity index (χ4n) is 4.42. The van der Waals surface area contributed by atoms with Crippen LogP contribution >= 0.6 is 11.3 Å². The number of carbonyl (C=O) groups is 1. The van der Waals surface area contributed by atoms with Crippen LogP contribution in [0.3, 0.4) is 0 Å². The molecule has 4 heterocycles. The first-order chi connectivity index (χ1) is 15.8. The van der Waals surface area contributed by atoms with Gasteiger partial charge in [-0.25, -0.2) is 4.99 Å². The monoisotopic (exact) mass is 460 g/mol. The quantitative estimate of drug-likeness (QED) is 0.480. The highest BCUT2D eigenvalue weighted by atomic mass is 32.1. The Kier molecular flexibility index (Phi) is 4.97. The highest BCUT2D eigenvalue weighted by Crippen LogP contribution is 2.43. The molecular weight excluding hydrogens is 436 g/mol. The average Bonchev–Trinajstić information content (AvgIpc) is 3.46. The van der Waals surface area contributed by atoms with Gasteiger partial charge in [0, 0.05) is 29.1 Å². The zero-order chi connectivity index (χ0) is 23.3. The summed E-state index contributed by atoms with van der Waals surface area (Å²) >= 11 is 1.49. The van der Waals surface area contributed by atoms with Gasteiger partial charge in [-0.05, 0) is 72.7 Å². The number of nitrogens with zero attached hydrogens (tertiary/aromatic N) is 2. The smallest absolute Gasteiger partial charge is 0.255 e. The molecule has 4 aromatic rings. The molecule has 1 aliphatic heterocycles. The number of rotatable bonds is 4. The van der Waals surface area contributed by atoms with Crippen LogP contribution in [-0.2, 0) is 16.8 Å². The van der Waals surface area contributed by atoms with E-state index < -0.39 is 11.5 Å². The molecule has 0 fully saturated rings. The van der Waals surface area contributed by atoms with Crippen molar-refractivity contribution in [3.8, 4) is 11.1 Å². The second kappa shape index (κ2) is 7.74. The number of thiophene rings is 1. The van der Waals surface area contributed by atoms with Gasteiger partial charge >= 0.3 is 0 Å². The zero-order valence-corrected chi connectivity index (χ0v) is 19.4. The molecule has 8 heteroatoms. The third kappa shape index (κ3) is 3.56. The van der Waals surface area contributed by atoms with Crippen molar-refractivity contribution in [1.82, 2.24) is 9.88 Å². The van der Waals surface area contributed by atoms with E-state index in [2.05, 4.69) is 4.98 Å². The van der Waals surface area contributed by atoms with Gasteiger partial charge in [-0.15, -0.1) is 11.3 Å². The topological polar surface area (TPSA) is 105 Å². The number of nitrogens with two attached hydrogens (primary N) is 1. The lowest BCUT2D eigenvalue weighted by Gasteiger charge is -2.40. The number of carbonyl (C=O) groups excluding carboxylic acids is 1. The molecule has 1 aromatic carbocycles. The van der Waals surface area contributed by atoms with Crippen LogP contribution in [0.2, 0.25) is 0 Å². The molecular formula is C25H24N4O3S. The molecule has 3 aromatic heterocycles. The average molecular weight is 461 g/mol. The Morgan fingerprint density at radius 3 is 2.88 bits per heavy atom. The zero-order valence-electron chi connectivity index (χ0n) is 18.6. The van der Waals surface area contributed by atoms with Crippen LogP contribution in [0.25, 0.3) is 22.1 Å². The van der Waals surface area contributed by atoms with Gasteiger partial charge in [0.1, 0.15) is 11.1 Å². The van der Waals surface area contributed by atoms with Gasteiger partial charge in [0.25, 0.3) is 5.56 Å². The molecule has 1 amide bonds. The molecule has 1 unspecified atom stereocenters. The van der Waals surface area contributed by atoms with E-state index >= 15 is 0 Å². The standard InChI is InChI=1S/C25H24N4O3S/c1-14-8-18(22(30)27-12-14)17-11-21(33-13-17)25(2)19(23(31)29(3)24(26)28-25)10-15-4-5-20-16(9-15)6-7-32-20/h4-9,11-13,19H,10H2,1-3H3,(H2,26,28)(H,27,30)/t19?,25-/m0/s1. The summed E-state index contributed by atoms with van der Waals surface area (Å²) in [6.07, 6.45) is 3.84. The molecule has 5 rings (SSSR count). The fourth-order valence-corrected chi connectivity index (χ4v) is 5.49. The van der Waals surface area contributed by atoms with Crippen molar-refractivity contribution in [2.75, 3.05) is 7.05 Å². The predicted molar refractivity (Wildman–Crippen MR) is 130 cm³/mol. The first-order valence-corrected chi connectivity index (χ1v) is 11.5. The molecule has 7 nitrogen and oxygen atoms in total. The van der Waals surface area contributed by atoms with Gasteiger partial charge in [0.05, 0.1) is 12.2 Å². The number of guanidine groups is 1. The molecule has 2 atom stereocenters. The van der Waals surface area contributed by atoms with Crippen molar-refractivity contribution in [2.24, 2.45) is 16.6 Å². The highest BCUT2D eigenvalue weighted by molar-refractivity contribution is 7.10. The number of pyridine rings is 1. The third-order valence-corrected chi connectivity index (χ3v) is 7.57. The molecule has 0 saturated heterocycles. The molecule has 168 valence electrons. The summed E-state index contributed by atoms with van der Waals surface area (Å²) < 4.78 is 5.45. The van der Waals surface area contributed by atoms with Crippen molar-refractivity contribution in [2.45, 2.75) is 25.8 Å². The van der Waals surface area contributed by atoms with Crippen LogP contribution in [-0.4, -0.2) is 28.8 Å². The van der Waals surface area contributed by atoms with E-state index in [1.807, 2.05) is 55.6 Å². The Labute approximate surface area is 194 Å². The molecule has 0 saturated carbocycles. The lowest BCUT2D eigenvalue weighted by Crippen LogP contribution is -2.54. The maximum absolute atomic E-state index is 13.4. The van der Waals surface area contributed by atoms with Crippen LogP contribution in [0, 0.1) is 12.8 Å². The van der Waals surface area contributed by atoms with Crippen molar-refractivity contribution < 1.29 is 9.21 Å². The van der Waals surface area contributed by atoms with Gasteiger partial charge in [-0.2, -0.15) is 0 Å². The number of furan rings is 1. The molecule has 0 spiro atoms. The van der Waals surface area contributed by atoms with Crippen LogP contribution in [0.5, 0.6) is 0 Å². The summed E-state index contributed by atoms with van der Waals surface area (Å²) in [5.74, 6) is -0.352. The number of fused-ring (bicyclic) bond motifs is 1. The molecule has 0 aliphatic carbocycles. The summed E-state index contributed by atoms with van der Waals surface area (Å²) in [5.41, 5.74) is 9.33. The Morgan fingerprint density at radius 1 is 1.24 bits per heavy atom. The number of aliphatic imine (C=N–C) groups is 1. The van der Waals surface area contributed by atoms with Gasteiger partial charge in [-0.3, -0.25) is 14.5 Å². The second-order valence-electron chi connectivity index (χ2n) is 8.68. The second-order valence-corrected chi connectivity index (χ2v) is 9.59. The number of H-pyrrole nitrogens is 1. The van der Waals surface area contributed by atoms with E-state index in [0.29, 0.717) is 12.0 Å². The van der Waals surface area contributed by atoms with Crippen molar-refractivity contribution >= 4 is 34.2 Å². The van der Waals surface area contributed by atoms with Crippen molar-refractivity contribution in [1.29, 1.82) is 0 Å². The van der Waals surface area contributed by atoms with Crippen LogP contribution < -0.4 is 11.3 Å². The van der Waals surface area contributed by atoms with E-state index in [0.717, 1.165) is 32.5 Å². The molecule has 0 bridgehead atoms. The van der Waals surface area contributed by atoms with E-state index in [1.54, 1.807) is 19.5 Å². The van der Waals surface area contributed by atoms with E-state index in [9.17, 15) is 9.59 Å². The number of amides is 1. The lowest BCUT2D eigenvalue weighted by molar-refractivity contribution is -0.134. The van der Waals surface area contributed by atoms with E-state index in [-0.39, 0.29) is 17.4 Å². The molecule has 0 radical (unpaired) electrons. The number of aryl methyl sites for hydroxylation is 1. The molecule has 33 heavy (non-hydrogen) atoms. The number of aromatic amines is 1. The summed E-state index contributed by atoms with van der Waals surface area (Å²) in [7, 11) is 1.65. The SMILES string of the molecule is Cc1c[nH]c(=O)c(-c2csc([C@@]3(C)N=C(N)N(C)C(=O)C3Cc3ccc4occc4c3)c2)c1. The van der Waals surface area contributed by atoms with Crippen molar-refractivity contribution in [3.63, 3.8) is 0 Å². The summed E-state index contributed by atoms with van der Waals surface area (Å²) in [6, 6.07) is 11.7. The minimum atomic E-state index is -0.863. The third-order valence-electron chi connectivity index (χ3n) is 6.41. The summed E-state index contributed by atoms with van der Waals surface area (Å²) in [4.78, 5) is 35.7. The van der Waals surface area contributed by atoms with Gasteiger partial charge in [-0.1, -0.05) is 6.07 Å². The maximum atomic E-state index is 13.4. The number of nitrogens with one attached hydrogen (secondary N) is 1. The largest absolute Gasteiger partial charge is 0.464 e. The fraction of sp³-hybridized carbons (Fsp3) is 0.240. The van der Waals surface area contributed by atoms with Gasteiger partial charge in [0.2, 0.25) is 5.91 Å². The number of hydrogen-bond acceptors (Lipinski definition) is 6. The Balaban J connectivity index is 1.58. The molecule has 3 N–H and O–H groups in total. The normalized spacial score (nSPS) is 20.9. The molecule has 1 aliphatic rings. The summed E-state index contributed by atoms with van der Waals surface area (Å²) in [5, 5.41) is 2.93.